The number of aromatic nitrogens is 2. The van der Waals surface area contributed by atoms with Gasteiger partial charge in [-0.15, -0.1) is 0 Å². The van der Waals surface area contributed by atoms with Gasteiger partial charge in [0.05, 0.1) is 11.3 Å². The quantitative estimate of drug-likeness (QED) is 0.494. The summed E-state index contributed by atoms with van der Waals surface area (Å²) in [7, 11) is 0. The van der Waals surface area contributed by atoms with Crippen molar-refractivity contribution < 1.29 is 18.4 Å². The van der Waals surface area contributed by atoms with Crippen LogP contribution in [0, 0.1) is 11.6 Å². The van der Waals surface area contributed by atoms with Gasteiger partial charge in [0.15, 0.2) is 11.6 Å². The molecule has 2 amide bonds. The van der Waals surface area contributed by atoms with E-state index in [9.17, 15) is 18.4 Å². The third kappa shape index (κ3) is 4.32. The zero-order valence-corrected chi connectivity index (χ0v) is 16.0. The minimum Gasteiger partial charge on any atom is -0.267 e. The lowest BCUT2D eigenvalue weighted by Gasteiger charge is -2.08. The number of nitrogens with zero attached hydrogens (tertiary/aromatic N) is 2. The molecule has 0 atom stereocenters. The van der Waals surface area contributed by atoms with Crippen molar-refractivity contribution in [2.45, 2.75) is 0 Å². The Bertz CT molecular complexity index is 1240. The standard InChI is InChI=1S/C23H16F2N4O2/c24-19-12-11-16(13-20(19)25)22(30)26-27-23(31)18-14-29(17-9-5-2-6-10-17)28-21(18)15-7-3-1-4-8-15/h1-14H,(H,26,30)(H,27,31). The number of hydrogen-bond acceptors (Lipinski definition) is 3. The lowest BCUT2D eigenvalue weighted by atomic mass is 10.1. The van der Waals surface area contributed by atoms with Crippen molar-refractivity contribution in [3.63, 3.8) is 0 Å². The molecule has 2 N–H and O–H groups in total. The molecule has 154 valence electrons. The molecule has 1 heterocycles. The van der Waals surface area contributed by atoms with Crippen molar-refractivity contribution in [1.82, 2.24) is 20.6 Å². The van der Waals surface area contributed by atoms with E-state index in [0.29, 0.717) is 11.3 Å². The normalized spacial score (nSPS) is 10.5. The number of rotatable bonds is 4. The van der Waals surface area contributed by atoms with E-state index in [1.165, 1.54) is 0 Å². The van der Waals surface area contributed by atoms with Crippen LogP contribution < -0.4 is 10.9 Å². The summed E-state index contributed by atoms with van der Waals surface area (Å²) < 4.78 is 28.0. The van der Waals surface area contributed by atoms with Crippen LogP contribution in [0.25, 0.3) is 16.9 Å². The van der Waals surface area contributed by atoms with Gasteiger partial charge in [0.1, 0.15) is 5.69 Å². The van der Waals surface area contributed by atoms with Gasteiger partial charge in [0.25, 0.3) is 11.8 Å². The molecule has 1 aromatic heterocycles. The molecule has 0 unspecified atom stereocenters. The van der Waals surface area contributed by atoms with E-state index in [-0.39, 0.29) is 11.1 Å². The minimum absolute atomic E-state index is 0.137. The predicted molar refractivity (Wildman–Crippen MR) is 110 cm³/mol. The Hall–Kier alpha value is -4.33. The van der Waals surface area contributed by atoms with Crippen LogP contribution in [0.3, 0.4) is 0 Å². The van der Waals surface area contributed by atoms with Crippen LogP contribution >= 0.6 is 0 Å². The smallest absolute Gasteiger partial charge is 0.267 e. The molecule has 6 nitrogen and oxygen atoms in total. The average molecular weight is 418 g/mol. The highest BCUT2D eigenvalue weighted by Crippen LogP contribution is 2.23. The Labute approximate surface area is 176 Å². The number of carbonyl (C=O) groups is 2. The molecule has 8 heteroatoms. The number of hydrazine groups is 1. The summed E-state index contributed by atoms with van der Waals surface area (Å²) >= 11 is 0. The van der Waals surface area contributed by atoms with E-state index in [1.807, 2.05) is 60.7 Å². The van der Waals surface area contributed by atoms with Gasteiger partial charge >= 0.3 is 0 Å². The molecule has 0 saturated heterocycles. The van der Waals surface area contributed by atoms with Gasteiger partial charge in [-0.2, -0.15) is 5.10 Å². The first-order valence-electron chi connectivity index (χ1n) is 9.29. The summed E-state index contributed by atoms with van der Waals surface area (Å²) in [6, 6.07) is 21.1. The number of carbonyl (C=O) groups excluding carboxylic acids is 2. The summed E-state index contributed by atoms with van der Waals surface area (Å²) in [5.74, 6) is -3.63. The number of hydrogen-bond donors (Lipinski definition) is 2. The minimum atomic E-state index is -1.16. The number of para-hydroxylation sites is 1. The fourth-order valence-electron chi connectivity index (χ4n) is 2.95. The molecule has 3 aromatic carbocycles. The number of halogens is 2. The number of nitrogens with one attached hydrogen (secondary N) is 2. The summed E-state index contributed by atoms with van der Waals surface area (Å²) in [5.41, 5.74) is 6.48. The molecule has 0 spiro atoms. The predicted octanol–water partition coefficient (Wildman–Crippen LogP) is 3.89. The van der Waals surface area contributed by atoms with E-state index < -0.39 is 23.4 Å². The molecule has 0 bridgehead atoms. The fraction of sp³-hybridized carbons (Fsp3) is 0. The van der Waals surface area contributed by atoms with Crippen LogP contribution in [-0.4, -0.2) is 21.6 Å². The van der Waals surface area contributed by atoms with Gasteiger partial charge in [-0.3, -0.25) is 20.4 Å². The Morgan fingerprint density at radius 2 is 1.42 bits per heavy atom. The summed E-state index contributed by atoms with van der Waals surface area (Å²) in [6.07, 6.45) is 1.55. The van der Waals surface area contributed by atoms with Crippen LogP contribution in [-0.2, 0) is 0 Å². The maximum absolute atomic E-state index is 13.4. The molecule has 4 aromatic rings. The molecule has 0 aliphatic carbocycles. The maximum Gasteiger partial charge on any atom is 0.273 e. The van der Waals surface area contributed by atoms with E-state index in [2.05, 4.69) is 16.0 Å². The second-order valence-electron chi connectivity index (χ2n) is 6.57. The van der Waals surface area contributed by atoms with Crippen molar-refractivity contribution in [2.24, 2.45) is 0 Å². The first kappa shape index (κ1) is 20.0. The van der Waals surface area contributed by atoms with E-state index in [1.54, 1.807) is 10.9 Å². The van der Waals surface area contributed by atoms with Crippen molar-refractivity contribution >= 4 is 11.8 Å². The van der Waals surface area contributed by atoms with Gasteiger partial charge < -0.3 is 0 Å². The zero-order valence-electron chi connectivity index (χ0n) is 16.0. The largest absolute Gasteiger partial charge is 0.273 e. The molecule has 0 radical (unpaired) electrons. The fourth-order valence-corrected chi connectivity index (χ4v) is 2.95. The molecular weight excluding hydrogens is 402 g/mol. The molecule has 4 rings (SSSR count). The Kier molecular flexibility index (Phi) is 5.53. The van der Waals surface area contributed by atoms with Crippen LogP contribution in [0.1, 0.15) is 20.7 Å². The van der Waals surface area contributed by atoms with Gasteiger partial charge in [-0.05, 0) is 30.3 Å². The molecule has 0 aliphatic rings. The second-order valence-corrected chi connectivity index (χ2v) is 6.57. The topological polar surface area (TPSA) is 76.0 Å². The summed E-state index contributed by atoms with van der Waals surface area (Å²) in [4.78, 5) is 25.0. The highest BCUT2D eigenvalue weighted by Gasteiger charge is 2.19. The van der Waals surface area contributed by atoms with E-state index in [4.69, 9.17) is 0 Å². The van der Waals surface area contributed by atoms with Gasteiger partial charge in [0, 0.05) is 17.3 Å². The number of amides is 2. The highest BCUT2D eigenvalue weighted by atomic mass is 19.2. The van der Waals surface area contributed by atoms with Crippen molar-refractivity contribution in [1.29, 1.82) is 0 Å². The zero-order chi connectivity index (χ0) is 21.8. The van der Waals surface area contributed by atoms with Crippen LogP contribution in [0.5, 0.6) is 0 Å². The van der Waals surface area contributed by atoms with Crippen LogP contribution in [0.2, 0.25) is 0 Å². The van der Waals surface area contributed by atoms with E-state index >= 15 is 0 Å². The van der Waals surface area contributed by atoms with Gasteiger partial charge in [-0.1, -0.05) is 48.5 Å². The molecule has 0 aliphatic heterocycles. The van der Waals surface area contributed by atoms with Crippen molar-refractivity contribution in [2.75, 3.05) is 0 Å². The van der Waals surface area contributed by atoms with Gasteiger partial charge in [0.2, 0.25) is 0 Å². The lowest BCUT2D eigenvalue weighted by molar-refractivity contribution is 0.0846. The molecular formula is C23H16F2N4O2. The molecule has 31 heavy (non-hydrogen) atoms. The van der Waals surface area contributed by atoms with E-state index in [0.717, 1.165) is 23.9 Å². The SMILES string of the molecule is O=C(NNC(=O)c1cn(-c2ccccc2)nc1-c1ccccc1)c1ccc(F)c(F)c1. The second kappa shape index (κ2) is 8.58. The van der Waals surface area contributed by atoms with Gasteiger partial charge in [-0.25, -0.2) is 13.5 Å². The van der Waals surface area contributed by atoms with Crippen molar-refractivity contribution in [3.05, 3.63) is 108 Å². The Balaban J connectivity index is 1.60. The molecule has 0 saturated carbocycles. The third-order valence-electron chi connectivity index (χ3n) is 4.50. The highest BCUT2D eigenvalue weighted by molar-refractivity contribution is 6.02. The first-order valence-corrected chi connectivity index (χ1v) is 9.29. The average Bonchev–Trinajstić information content (AvgIpc) is 3.26. The monoisotopic (exact) mass is 418 g/mol. The maximum atomic E-state index is 13.4. The molecule has 0 fully saturated rings. The Morgan fingerprint density at radius 1 is 0.774 bits per heavy atom. The summed E-state index contributed by atoms with van der Waals surface area (Å²) in [5, 5.41) is 4.53. The van der Waals surface area contributed by atoms with Crippen molar-refractivity contribution in [3.8, 4) is 16.9 Å². The third-order valence-corrected chi connectivity index (χ3v) is 4.50. The van der Waals surface area contributed by atoms with Crippen LogP contribution in [0.15, 0.2) is 85.1 Å². The lowest BCUT2D eigenvalue weighted by Crippen LogP contribution is -2.41. The summed E-state index contributed by atoms with van der Waals surface area (Å²) in [6.45, 7) is 0. The Morgan fingerprint density at radius 3 is 2.10 bits per heavy atom. The van der Waals surface area contributed by atoms with Crippen LogP contribution in [0.4, 0.5) is 8.78 Å². The number of benzene rings is 3. The first-order chi connectivity index (χ1) is 15.0.